The molecule has 0 saturated heterocycles. The maximum atomic E-state index is 12.7. The lowest BCUT2D eigenvalue weighted by atomic mass is 10.1. The van der Waals surface area contributed by atoms with Gasteiger partial charge < -0.3 is 9.30 Å². The predicted molar refractivity (Wildman–Crippen MR) is 109 cm³/mol. The molecular formula is C19H22N6O3. The number of ether oxygens (including phenoxy) is 1. The Morgan fingerprint density at radius 3 is 2.54 bits per heavy atom. The third-order valence-corrected chi connectivity index (χ3v) is 4.50. The van der Waals surface area contributed by atoms with Gasteiger partial charge in [0.05, 0.1) is 12.8 Å². The van der Waals surface area contributed by atoms with Crippen molar-refractivity contribution in [1.82, 2.24) is 18.7 Å². The minimum absolute atomic E-state index is 0.129. The standard InChI is InChI=1S/C19H22N6O3/c1-6-11-25-17(26)15-16(24(4)19(25)27)20-18(23(15)3)22-21-12(2)13-7-9-14(28-5)10-8-13/h6-10H,1,11H2,2-5H3,(H,20,22). The number of nitrogens with one attached hydrogen (secondary N) is 1. The van der Waals surface area contributed by atoms with E-state index < -0.39 is 11.2 Å². The number of aryl methyl sites for hydroxylation is 2. The molecule has 0 fully saturated rings. The van der Waals surface area contributed by atoms with E-state index in [1.54, 1.807) is 25.8 Å². The molecule has 9 nitrogen and oxygen atoms in total. The van der Waals surface area contributed by atoms with Crippen LogP contribution >= 0.6 is 0 Å². The third-order valence-electron chi connectivity index (χ3n) is 4.50. The number of anilines is 1. The normalized spacial score (nSPS) is 11.6. The van der Waals surface area contributed by atoms with Crippen molar-refractivity contribution in [2.24, 2.45) is 19.2 Å². The Bertz CT molecular complexity index is 1180. The quantitative estimate of drug-likeness (QED) is 0.396. The highest BCUT2D eigenvalue weighted by Gasteiger charge is 2.17. The average Bonchev–Trinajstić information content (AvgIpc) is 3.04. The summed E-state index contributed by atoms with van der Waals surface area (Å²) in [5, 5.41) is 4.35. The molecule has 3 rings (SSSR count). The Labute approximate surface area is 161 Å². The summed E-state index contributed by atoms with van der Waals surface area (Å²) in [6.07, 6.45) is 1.51. The first-order valence-corrected chi connectivity index (χ1v) is 8.61. The minimum atomic E-state index is -0.444. The van der Waals surface area contributed by atoms with Crippen molar-refractivity contribution in [3.05, 3.63) is 63.3 Å². The molecule has 0 aliphatic heterocycles. The van der Waals surface area contributed by atoms with Crippen LogP contribution < -0.4 is 21.4 Å². The van der Waals surface area contributed by atoms with Gasteiger partial charge in [0.1, 0.15) is 5.75 Å². The van der Waals surface area contributed by atoms with Crippen LogP contribution in [-0.4, -0.2) is 31.5 Å². The lowest BCUT2D eigenvalue weighted by molar-refractivity contribution is 0.415. The van der Waals surface area contributed by atoms with Crippen molar-refractivity contribution in [3.8, 4) is 5.75 Å². The molecule has 0 aliphatic carbocycles. The van der Waals surface area contributed by atoms with E-state index in [-0.39, 0.29) is 12.2 Å². The molecule has 0 atom stereocenters. The van der Waals surface area contributed by atoms with E-state index in [2.05, 4.69) is 22.1 Å². The summed E-state index contributed by atoms with van der Waals surface area (Å²) in [7, 11) is 4.88. The summed E-state index contributed by atoms with van der Waals surface area (Å²) in [6.45, 7) is 5.58. The molecular weight excluding hydrogens is 360 g/mol. The molecule has 1 N–H and O–H groups in total. The zero-order chi connectivity index (χ0) is 20.4. The highest BCUT2D eigenvalue weighted by Crippen LogP contribution is 2.15. The van der Waals surface area contributed by atoms with E-state index in [4.69, 9.17) is 4.74 Å². The van der Waals surface area contributed by atoms with Crippen LogP contribution in [-0.2, 0) is 20.6 Å². The highest BCUT2D eigenvalue weighted by molar-refractivity contribution is 5.99. The number of hydrazone groups is 1. The first-order valence-electron chi connectivity index (χ1n) is 8.61. The Kier molecular flexibility index (Phi) is 5.16. The second-order valence-corrected chi connectivity index (χ2v) is 6.25. The summed E-state index contributed by atoms with van der Waals surface area (Å²) >= 11 is 0. The fourth-order valence-electron chi connectivity index (χ4n) is 2.86. The Hall–Kier alpha value is -3.62. The maximum Gasteiger partial charge on any atom is 0.332 e. The number of allylic oxidation sites excluding steroid dienone is 1. The Morgan fingerprint density at radius 1 is 1.25 bits per heavy atom. The average molecular weight is 382 g/mol. The molecule has 146 valence electrons. The largest absolute Gasteiger partial charge is 0.497 e. The van der Waals surface area contributed by atoms with Crippen LogP contribution in [0, 0.1) is 0 Å². The van der Waals surface area contributed by atoms with E-state index in [1.165, 1.54) is 10.6 Å². The molecule has 0 aliphatic rings. The number of nitrogens with zero attached hydrogens (tertiary/aromatic N) is 5. The topological polar surface area (TPSA) is 95.4 Å². The fraction of sp³-hybridized carbons (Fsp3) is 0.263. The van der Waals surface area contributed by atoms with E-state index in [0.717, 1.165) is 21.6 Å². The van der Waals surface area contributed by atoms with Crippen LogP contribution in [0.2, 0.25) is 0 Å². The first kappa shape index (κ1) is 19.2. The summed E-state index contributed by atoms with van der Waals surface area (Å²) in [6, 6.07) is 7.49. The van der Waals surface area contributed by atoms with Gasteiger partial charge in [0.15, 0.2) is 11.2 Å². The third kappa shape index (κ3) is 3.22. The van der Waals surface area contributed by atoms with Crippen LogP contribution in [0.3, 0.4) is 0 Å². The van der Waals surface area contributed by atoms with E-state index in [0.29, 0.717) is 11.5 Å². The number of benzene rings is 1. The molecule has 2 aromatic heterocycles. The number of rotatable bonds is 6. The van der Waals surface area contributed by atoms with E-state index >= 15 is 0 Å². The van der Waals surface area contributed by atoms with Gasteiger partial charge in [-0.3, -0.25) is 13.9 Å². The van der Waals surface area contributed by atoms with Crippen molar-refractivity contribution in [2.45, 2.75) is 13.5 Å². The summed E-state index contributed by atoms with van der Waals surface area (Å²) < 4.78 is 9.19. The fourth-order valence-corrected chi connectivity index (χ4v) is 2.86. The lowest BCUT2D eigenvalue weighted by Gasteiger charge is -2.06. The van der Waals surface area contributed by atoms with Gasteiger partial charge in [-0.25, -0.2) is 10.2 Å². The number of fused-ring (bicyclic) bond motifs is 1. The van der Waals surface area contributed by atoms with Crippen molar-refractivity contribution in [1.29, 1.82) is 0 Å². The smallest absolute Gasteiger partial charge is 0.332 e. The maximum absolute atomic E-state index is 12.7. The lowest BCUT2D eigenvalue weighted by Crippen LogP contribution is -2.39. The Morgan fingerprint density at radius 2 is 1.93 bits per heavy atom. The van der Waals surface area contributed by atoms with Crippen LogP contribution in [0.15, 0.2) is 51.6 Å². The minimum Gasteiger partial charge on any atom is -0.497 e. The van der Waals surface area contributed by atoms with Crippen LogP contribution in [0.25, 0.3) is 11.2 Å². The van der Waals surface area contributed by atoms with Gasteiger partial charge >= 0.3 is 5.69 Å². The van der Waals surface area contributed by atoms with Crippen LogP contribution in [0.1, 0.15) is 12.5 Å². The van der Waals surface area contributed by atoms with Gasteiger partial charge in [-0.2, -0.15) is 10.1 Å². The molecule has 0 saturated carbocycles. The van der Waals surface area contributed by atoms with Crippen LogP contribution in [0.4, 0.5) is 5.95 Å². The number of aromatic nitrogens is 4. The zero-order valence-corrected chi connectivity index (χ0v) is 16.3. The number of methoxy groups -OCH3 is 1. The molecule has 0 amide bonds. The van der Waals surface area contributed by atoms with Crippen molar-refractivity contribution in [3.63, 3.8) is 0 Å². The summed E-state index contributed by atoms with van der Waals surface area (Å²) in [4.78, 5) is 29.5. The molecule has 0 radical (unpaired) electrons. The van der Waals surface area contributed by atoms with Gasteiger partial charge in [0.25, 0.3) is 5.56 Å². The number of imidazole rings is 1. The van der Waals surface area contributed by atoms with Gasteiger partial charge in [0.2, 0.25) is 5.95 Å². The highest BCUT2D eigenvalue weighted by atomic mass is 16.5. The molecule has 1 aromatic carbocycles. The summed E-state index contributed by atoms with van der Waals surface area (Å²) in [5.41, 5.74) is 4.25. The number of hydrogen-bond donors (Lipinski definition) is 1. The van der Waals surface area contributed by atoms with Crippen molar-refractivity contribution < 1.29 is 4.74 Å². The Balaban J connectivity index is 2.02. The molecule has 9 heteroatoms. The van der Waals surface area contributed by atoms with Crippen molar-refractivity contribution >= 4 is 22.8 Å². The molecule has 0 spiro atoms. The predicted octanol–water partition coefficient (Wildman–Crippen LogP) is 1.46. The zero-order valence-electron chi connectivity index (χ0n) is 16.3. The second-order valence-electron chi connectivity index (χ2n) is 6.25. The van der Waals surface area contributed by atoms with Gasteiger partial charge in [-0.15, -0.1) is 6.58 Å². The molecule has 2 heterocycles. The SMILES string of the molecule is C=CCn1c(=O)c2c(nc(NN=C(C)c3ccc(OC)cc3)n2C)n(C)c1=O. The monoisotopic (exact) mass is 382 g/mol. The molecule has 3 aromatic rings. The van der Waals surface area contributed by atoms with Gasteiger partial charge in [-0.1, -0.05) is 6.08 Å². The number of hydrogen-bond acceptors (Lipinski definition) is 6. The van der Waals surface area contributed by atoms with Gasteiger partial charge in [0, 0.05) is 20.6 Å². The van der Waals surface area contributed by atoms with Crippen LogP contribution in [0.5, 0.6) is 5.75 Å². The van der Waals surface area contributed by atoms with Crippen molar-refractivity contribution in [2.75, 3.05) is 12.5 Å². The van der Waals surface area contributed by atoms with E-state index in [9.17, 15) is 9.59 Å². The summed E-state index contributed by atoms with van der Waals surface area (Å²) in [5.74, 6) is 1.11. The molecule has 0 unspecified atom stereocenters. The first-order chi connectivity index (χ1) is 13.4. The van der Waals surface area contributed by atoms with Gasteiger partial charge in [-0.05, 0) is 36.8 Å². The van der Waals surface area contributed by atoms with E-state index in [1.807, 2.05) is 31.2 Å². The molecule has 0 bridgehead atoms. The second kappa shape index (κ2) is 7.55. The molecule has 28 heavy (non-hydrogen) atoms.